The summed E-state index contributed by atoms with van der Waals surface area (Å²) in [6.45, 7) is 15.3. The fourth-order valence-corrected chi connectivity index (χ4v) is 4.56. The van der Waals surface area contributed by atoms with Crippen LogP contribution in [0.3, 0.4) is 0 Å². The highest BCUT2D eigenvalue weighted by atomic mass is 16.7. The van der Waals surface area contributed by atoms with Gasteiger partial charge in [0.05, 0.1) is 25.9 Å². The molecule has 0 aromatic heterocycles. The number of rotatable bonds is 18. The molecule has 190 valence electrons. The third-order valence-corrected chi connectivity index (χ3v) is 7.09. The zero-order chi connectivity index (χ0) is 24.5. The van der Waals surface area contributed by atoms with E-state index in [2.05, 4.69) is 58.5 Å². The predicted octanol–water partition coefficient (Wildman–Crippen LogP) is 7.96. The molecule has 0 saturated heterocycles. The Labute approximate surface area is 205 Å². The molecule has 0 spiro atoms. The van der Waals surface area contributed by atoms with Crippen LogP contribution >= 0.6 is 0 Å². The van der Waals surface area contributed by atoms with Crippen molar-refractivity contribution in [3.05, 3.63) is 35.8 Å². The Kier molecular flexibility index (Phi) is 15.2. The molecule has 4 heteroatoms. The average molecular weight is 462 g/mol. The number of ether oxygens (including phenoxy) is 2. The van der Waals surface area contributed by atoms with Gasteiger partial charge in [0.25, 0.3) is 5.95 Å². The van der Waals surface area contributed by atoms with Crippen LogP contribution in [0, 0.1) is 0 Å². The highest BCUT2D eigenvalue weighted by molar-refractivity contribution is 6.12. The van der Waals surface area contributed by atoms with Gasteiger partial charge in [-0.05, 0) is 32.4 Å². The minimum atomic E-state index is -0.0115. The molecule has 0 aromatic carbocycles. The van der Waals surface area contributed by atoms with Crippen LogP contribution in [0.5, 0.6) is 0 Å². The van der Waals surface area contributed by atoms with Gasteiger partial charge >= 0.3 is 0 Å². The number of allylic oxidation sites excluding steroid dienone is 2. The summed E-state index contributed by atoms with van der Waals surface area (Å²) in [5.41, 5.74) is 3.65. The second kappa shape index (κ2) is 17.0. The minimum Gasteiger partial charge on any atom is -0.466 e. The summed E-state index contributed by atoms with van der Waals surface area (Å²) >= 11 is 0. The lowest BCUT2D eigenvalue weighted by Gasteiger charge is -2.42. The number of nitrogens with zero attached hydrogens (tertiary/aromatic N) is 2. The van der Waals surface area contributed by atoms with Crippen molar-refractivity contribution in [3.8, 4) is 0 Å². The molecular weight excluding hydrogens is 408 g/mol. The molecule has 0 fully saturated rings. The molecule has 1 heterocycles. The molecule has 1 rings (SSSR count). The van der Waals surface area contributed by atoms with Crippen molar-refractivity contribution < 1.29 is 14.0 Å². The van der Waals surface area contributed by atoms with Crippen LogP contribution in [0.2, 0.25) is 0 Å². The second-order valence-electron chi connectivity index (χ2n) is 9.90. The van der Waals surface area contributed by atoms with Gasteiger partial charge in [-0.25, -0.2) is 0 Å². The van der Waals surface area contributed by atoms with Gasteiger partial charge in [0.1, 0.15) is 6.54 Å². The molecule has 0 N–H and O–H groups in total. The highest BCUT2D eigenvalue weighted by Gasteiger charge is 2.35. The summed E-state index contributed by atoms with van der Waals surface area (Å²) in [5.74, 6) is 0.457. The Balaban J connectivity index is 2.24. The van der Waals surface area contributed by atoms with Crippen molar-refractivity contribution in [1.29, 1.82) is 0 Å². The highest BCUT2D eigenvalue weighted by Crippen LogP contribution is 2.25. The molecule has 0 radical (unpaired) electrons. The number of aliphatic imine (C=N–C) groups is 1. The van der Waals surface area contributed by atoms with E-state index in [0.29, 0.717) is 12.6 Å². The van der Waals surface area contributed by atoms with Gasteiger partial charge in [-0.1, -0.05) is 83.3 Å². The summed E-state index contributed by atoms with van der Waals surface area (Å²) in [6.07, 6.45) is 20.2. The fourth-order valence-electron chi connectivity index (χ4n) is 4.56. The first-order valence-electron chi connectivity index (χ1n) is 13.5. The molecule has 0 amide bonds. The van der Waals surface area contributed by atoms with Gasteiger partial charge in [0.2, 0.25) is 6.23 Å². The number of likely N-dealkylation sites (N-methyl/N-ethyl adjacent to an activating group) is 1. The standard InChI is InChI=1S/C29H53N2O2/c1-8-10-11-12-13-14-15-16-17-18-19-23-32-27(5)33-26(4)31(7)22-20-21-28(24-31)29(30-6)25(3)9-2/h9,21,26H,5,8,10-20,22-24H2,1-4,6-7H3/q+1/b25-9-,30-29?. The molecule has 0 aliphatic carbocycles. The van der Waals surface area contributed by atoms with Crippen LogP contribution in [0.15, 0.2) is 40.8 Å². The molecule has 33 heavy (non-hydrogen) atoms. The summed E-state index contributed by atoms with van der Waals surface area (Å²) < 4.78 is 12.7. The Hall–Kier alpha value is -1.55. The second-order valence-corrected chi connectivity index (χ2v) is 9.90. The molecular formula is C29H53N2O2+. The quantitative estimate of drug-likeness (QED) is 0.0897. The van der Waals surface area contributed by atoms with Gasteiger partial charge in [-0.2, -0.15) is 0 Å². The van der Waals surface area contributed by atoms with Gasteiger partial charge < -0.3 is 9.47 Å². The van der Waals surface area contributed by atoms with Crippen molar-refractivity contribution in [1.82, 2.24) is 0 Å². The maximum Gasteiger partial charge on any atom is 0.276 e. The lowest BCUT2D eigenvalue weighted by Crippen LogP contribution is -2.55. The smallest absolute Gasteiger partial charge is 0.276 e. The monoisotopic (exact) mass is 461 g/mol. The van der Waals surface area contributed by atoms with Crippen LogP contribution in [0.25, 0.3) is 0 Å². The third-order valence-electron chi connectivity index (χ3n) is 7.09. The van der Waals surface area contributed by atoms with Crippen molar-refractivity contribution >= 4 is 5.71 Å². The van der Waals surface area contributed by atoms with Crippen LogP contribution in [0.4, 0.5) is 0 Å². The first-order valence-corrected chi connectivity index (χ1v) is 13.5. The van der Waals surface area contributed by atoms with E-state index in [1.165, 1.54) is 75.4 Å². The lowest BCUT2D eigenvalue weighted by atomic mass is 9.97. The number of hydrogen-bond acceptors (Lipinski definition) is 3. The third kappa shape index (κ3) is 11.4. The molecule has 0 saturated carbocycles. The van der Waals surface area contributed by atoms with Gasteiger partial charge in [-0.15, -0.1) is 0 Å². The summed E-state index contributed by atoms with van der Waals surface area (Å²) in [4.78, 5) is 4.55. The molecule has 2 atom stereocenters. The van der Waals surface area contributed by atoms with Crippen molar-refractivity contribution in [3.63, 3.8) is 0 Å². The Morgan fingerprint density at radius 3 is 2.21 bits per heavy atom. The van der Waals surface area contributed by atoms with Gasteiger partial charge in [0, 0.05) is 26.0 Å². The predicted molar refractivity (Wildman–Crippen MR) is 144 cm³/mol. The van der Waals surface area contributed by atoms with Crippen molar-refractivity contribution in [2.75, 3.05) is 33.8 Å². The van der Waals surface area contributed by atoms with E-state index in [9.17, 15) is 0 Å². The summed E-state index contributed by atoms with van der Waals surface area (Å²) in [6, 6.07) is 0. The molecule has 1 aliphatic rings. The topological polar surface area (TPSA) is 30.8 Å². The zero-order valence-corrected chi connectivity index (χ0v) is 22.8. The van der Waals surface area contributed by atoms with E-state index in [-0.39, 0.29) is 6.23 Å². The van der Waals surface area contributed by atoms with Crippen LogP contribution < -0.4 is 0 Å². The van der Waals surface area contributed by atoms with Crippen molar-refractivity contribution in [2.45, 2.75) is 111 Å². The van der Waals surface area contributed by atoms with Crippen LogP contribution in [0.1, 0.15) is 105 Å². The maximum atomic E-state index is 6.12. The Morgan fingerprint density at radius 2 is 1.67 bits per heavy atom. The lowest BCUT2D eigenvalue weighted by molar-refractivity contribution is -0.948. The Morgan fingerprint density at radius 1 is 1.09 bits per heavy atom. The summed E-state index contributed by atoms with van der Waals surface area (Å²) in [7, 11) is 4.14. The normalized spacial score (nSPS) is 20.4. The van der Waals surface area contributed by atoms with Gasteiger partial charge in [0.15, 0.2) is 0 Å². The molecule has 4 nitrogen and oxygen atoms in total. The molecule has 1 aliphatic heterocycles. The number of quaternary nitrogens is 1. The van der Waals surface area contributed by atoms with E-state index < -0.39 is 0 Å². The average Bonchev–Trinajstić information content (AvgIpc) is 2.80. The fraction of sp³-hybridized carbons (Fsp3) is 0.759. The van der Waals surface area contributed by atoms with E-state index in [1.807, 2.05) is 7.05 Å². The number of unbranched alkanes of at least 4 members (excludes halogenated alkanes) is 10. The van der Waals surface area contributed by atoms with Crippen LogP contribution in [-0.4, -0.2) is 50.2 Å². The molecule has 0 aromatic rings. The molecule has 2 unspecified atom stereocenters. The van der Waals surface area contributed by atoms with E-state index >= 15 is 0 Å². The van der Waals surface area contributed by atoms with Gasteiger partial charge in [-0.3, -0.25) is 9.48 Å². The first-order chi connectivity index (χ1) is 15.9. The van der Waals surface area contributed by atoms with E-state index in [1.54, 1.807) is 0 Å². The van der Waals surface area contributed by atoms with Crippen molar-refractivity contribution in [2.24, 2.45) is 4.99 Å². The van der Waals surface area contributed by atoms with Crippen LogP contribution in [-0.2, 0) is 9.47 Å². The molecule has 0 bridgehead atoms. The Bertz CT molecular complexity index is 650. The zero-order valence-electron chi connectivity index (χ0n) is 22.8. The maximum absolute atomic E-state index is 6.12. The van der Waals surface area contributed by atoms with E-state index in [4.69, 9.17) is 9.47 Å². The first kappa shape index (κ1) is 29.5. The summed E-state index contributed by atoms with van der Waals surface area (Å²) in [5, 5.41) is 0. The minimum absolute atomic E-state index is 0.0115. The number of hydrogen-bond donors (Lipinski definition) is 0. The SMILES string of the molecule is C=C(OCCCCCCCCCCCCC)OC(C)[N+]1(C)CCC=C(C(=NC)/C(C)=C\C)C1. The largest absolute Gasteiger partial charge is 0.466 e. The van der Waals surface area contributed by atoms with E-state index in [0.717, 1.165) is 36.1 Å².